The van der Waals surface area contributed by atoms with Crippen LogP contribution in [0.25, 0.3) is 0 Å². The molecule has 0 fully saturated rings. The van der Waals surface area contributed by atoms with Crippen molar-refractivity contribution < 1.29 is 13.6 Å². The highest BCUT2D eigenvalue weighted by molar-refractivity contribution is 5.68. The van der Waals surface area contributed by atoms with Crippen LogP contribution in [0.3, 0.4) is 0 Å². The van der Waals surface area contributed by atoms with Gasteiger partial charge in [-0.3, -0.25) is 4.79 Å². The van der Waals surface area contributed by atoms with Gasteiger partial charge < -0.3 is 0 Å². The summed E-state index contributed by atoms with van der Waals surface area (Å²) in [6.07, 6.45) is -1.07. The summed E-state index contributed by atoms with van der Waals surface area (Å²) in [5, 5.41) is 3.42. The molecule has 0 saturated heterocycles. The molecule has 1 aromatic heterocycles. The number of nitrogens with zero attached hydrogens (tertiary/aromatic N) is 3. The topological polar surface area (TPSA) is 47.8 Å². The van der Waals surface area contributed by atoms with E-state index in [0.29, 0.717) is 6.29 Å². The summed E-state index contributed by atoms with van der Waals surface area (Å²) in [6.45, 7) is -0.589. The first-order valence-corrected chi connectivity index (χ1v) is 2.85. The third-order valence-corrected chi connectivity index (χ3v) is 1.06. The second kappa shape index (κ2) is 3.18. The Morgan fingerprint density at radius 2 is 2.45 bits per heavy atom. The van der Waals surface area contributed by atoms with Gasteiger partial charge >= 0.3 is 0 Å². The maximum atomic E-state index is 11.7. The minimum Gasteiger partial charge on any atom is -0.294 e. The van der Waals surface area contributed by atoms with Gasteiger partial charge in [-0.2, -0.15) is 5.10 Å². The van der Waals surface area contributed by atoms with Gasteiger partial charge in [0, 0.05) is 0 Å². The lowest BCUT2D eigenvalue weighted by molar-refractivity contribution is 0.107. The summed E-state index contributed by atoms with van der Waals surface area (Å²) in [5.74, 6) is -0.0784. The zero-order valence-electron chi connectivity index (χ0n) is 5.44. The van der Waals surface area contributed by atoms with E-state index in [2.05, 4.69) is 10.1 Å². The van der Waals surface area contributed by atoms with Crippen LogP contribution in [-0.2, 0) is 6.54 Å². The van der Waals surface area contributed by atoms with Gasteiger partial charge in [-0.15, -0.1) is 0 Å². The molecule has 0 aliphatic heterocycles. The predicted molar refractivity (Wildman–Crippen MR) is 31.4 cm³/mol. The van der Waals surface area contributed by atoms with Crippen molar-refractivity contribution in [1.29, 1.82) is 0 Å². The van der Waals surface area contributed by atoms with Crippen molar-refractivity contribution >= 4 is 6.29 Å². The molecule has 0 aliphatic rings. The molecule has 1 aromatic rings. The number of carbonyl (C=O) groups excluding carboxylic acids is 1. The van der Waals surface area contributed by atoms with Crippen LogP contribution in [0.5, 0.6) is 0 Å². The summed E-state index contributed by atoms with van der Waals surface area (Å²) < 4.78 is 24.3. The molecule has 0 radical (unpaired) electrons. The first-order chi connectivity index (χ1) is 5.24. The Bertz CT molecular complexity index is 248. The number of carbonyl (C=O) groups is 1. The Morgan fingerprint density at radius 1 is 1.73 bits per heavy atom. The maximum absolute atomic E-state index is 11.7. The molecule has 0 atom stereocenters. The number of rotatable bonds is 3. The normalized spacial score (nSPS) is 10.5. The summed E-state index contributed by atoms with van der Waals surface area (Å²) in [6, 6.07) is 0. The Balaban J connectivity index is 2.76. The van der Waals surface area contributed by atoms with E-state index in [0.717, 1.165) is 11.0 Å². The van der Waals surface area contributed by atoms with Gasteiger partial charge in [0.25, 0.3) is 6.43 Å². The largest absolute Gasteiger partial charge is 0.294 e. The van der Waals surface area contributed by atoms with Crippen molar-refractivity contribution in [3.63, 3.8) is 0 Å². The fraction of sp³-hybridized carbons (Fsp3) is 0.400. The van der Waals surface area contributed by atoms with E-state index in [9.17, 15) is 13.6 Å². The highest BCUT2D eigenvalue weighted by atomic mass is 19.3. The van der Waals surface area contributed by atoms with E-state index in [4.69, 9.17) is 0 Å². The van der Waals surface area contributed by atoms with E-state index in [1.807, 2.05) is 0 Å². The maximum Gasteiger partial charge on any atom is 0.258 e. The number of hydrogen-bond acceptors (Lipinski definition) is 3. The van der Waals surface area contributed by atoms with Gasteiger partial charge in [-0.05, 0) is 0 Å². The van der Waals surface area contributed by atoms with Crippen LogP contribution in [0, 0.1) is 0 Å². The van der Waals surface area contributed by atoms with Gasteiger partial charge in [0.05, 0.1) is 0 Å². The first kappa shape index (κ1) is 7.77. The van der Waals surface area contributed by atoms with E-state index in [-0.39, 0.29) is 5.82 Å². The Labute approximate surface area is 60.8 Å². The minimum atomic E-state index is -2.52. The molecule has 0 amide bonds. The molecule has 0 aromatic carbocycles. The molecule has 0 bridgehead atoms. The van der Waals surface area contributed by atoms with Crippen molar-refractivity contribution in [3.05, 3.63) is 12.2 Å². The van der Waals surface area contributed by atoms with Crippen LogP contribution >= 0.6 is 0 Å². The fourth-order valence-corrected chi connectivity index (χ4v) is 0.636. The lowest BCUT2D eigenvalue weighted by Crippen LogP contribution is -2.11. The number of alkyl halides is 2. The zero-order chi connectivity index (χ0) is 8.27. The van der Waals surface area contributed by atoms with Gasteiger partial charge in [0.1, 0.15) is 12.9 Å². The van der Waals surface area contributed by atoms with Crippen LogP contribution in [-0.4, -0.2) is 27.5 Å². The van der Waals surface area contributed by atoms with Crippen molar-refractivity contribution in [2.24, 2.45) is 0 Å². The van der Waals surface area contributed by atoms with Crippen LogP contribution in [0.15, 0.2) is 6.33 Å². The zero-order valence-corrected chi connectivity index (χ0v) is 5.44. The lowest BCUT2D eigenvalue weighted by atomic mass is 10.6. The van der Waals surface area contributed by atoms with Crippen LogP contribution in [0.4, 0.5) is 8.78 Å². The molecule has 6 heteroatoms. The van der Waals surface area contributed by atoms with Crippen molar-refractivity contribution in [3.8, 4) is 0 Å². The van der Waals surface area contributed by atoms with Gasteiger partial charge in [0.15, 0.2) is 12.1 Å². The fourth-order valence-electron chi connectivity index (χ4n) is 0.636. The van der Waals surface area contributed by atoms with Crippen LogP contribution in [0.1, 0.15) is 10.6 Å². The summed E-state index contributed by atoms with van der Waals surface area (Å²) in [7, 11) is 0. The quantitative estimate of drug-likeness (QED) is 0.601. The summed E-state index contributed by atoms with van der Waals surface area (Å²) in [5.41, 5.74) is 0. The van der Waals surface area contributed by atoms with Gasteiger partial charge in [-0.1, -0.05) is 0 Å². The molecule has 1 heterocycles. The molecule has 11 heavy (non-hydrogen) atoms. The molecule has 0 N–H and O–H groups in total. The predicted octanol–water partition coefficient (Wildman–Crippen LogP) is 0.356. The molecule has 60 valence electrons. The monoisotopic (exact) mass is 161 g/mol. The van der Waals surface area contributed by atoms with E-state index < -0.39 is 13.0 Å². The SMILES string of the molecule is O=Cc1ncnn1CC(F)F. The Morgan fingerprint density at radius 3 is 3.00 bits per heavy atom. The van der Waals surface area contributed by atoms with Crippen molar-refractivity contribution in [1.82, 2.24) is 14.8 Å². The third-order valence-electron chi connectivity index (χ3n) is 1.06. The van der Waals surface area contributed by atoms with E-state index in [1.54, 1.807) is 0 Å². The minimum absolute atomic E-state index is 0.0784. The number of hydrogen-bond donors (Lipinski definition) is 0. The Hall–Kier alpha value is -1.33. The molecule has 0 aliphatic carbocycles. The molecular weight excluding hydrogens is 156 g/mol. The molecule has 1 rings (SSSR count). The van der Waals surface area contributed by atoms with E-state index >= 15 is 0 Å². The summed E-state index contributed by atoms with van der Waals surface area (Å²) >= 11 is 0. The van der Waals surface area contributed by atoms with Crippen LogP contribution in [0.2, 0.25) is 0 Å². The van der Waals surface area contributed by atoms with Crippen molar-refractivity contribution in [2.75, 3.05) is 0 Å². The second-order valence-electron chi connectivity index (χ2n) is 1.81. The number of halogens is 2. The highest BCUT2D eigenvalue weighted by Crippen LogP contribution is 1.98. The Kier molecular flexibility index (Phi) is 2.25. The standard InChI is InChI=1S/C5H5F2N3O/c6-4(7)1-10-5(2-11)8-3-9-10/h2-4H,1H2. The average molecular weight is 161 g/mol. The smallest absolute Gasteiger partial charge is 0.258 e. The summed E-state index contributed by atoms with van der Waals surface area (Å²) in [4.78, 5) is 13.5. The molecule has 0 spiro atoms. The third kappa shape index (κ3) is 1.79. The highest BCUT2D eigenvalue weighted by Gasteiger charge is 2.08. The average Bonchev–Trinajstić information content (AvgIpc) is 2.34. The molecule has 0 saturated carbocycles. The number of aromatic nitrogens is 3. The van der Waals surface area contributed by atoms with Gasteiger partial charge in [-0.25, -0.2) is 18.4 Å². The van der Waals surface area contributed by atoms with Crippen molar-refractivity contribution in [2.45, 2.75) is 13.0 Å². The molecular formula is C5H5F2N3O. The molecule has 4 nitrogen and oxygen atoms in total. The van der Waals surface area contributed by atoms with E-state index in [1.165, 1.54) is 0 Å². The molecule has 0 unspecified atom stereocenters. The van der Waals surface area contributed by atoms with Crippen LogP contribution < -0.4 is 0 Å². The van der Waals surface area contributed by atoms with Gasteiger partial charge in [0.2, 0.25) is 0 Å². The second-order valence-corrected chi connectivity index (χ2v) is 1.81. The number of aldehydes is 1. The lowest BCUT2D eigenvalue weighted by Gasteiger charge is -1.98. The first-order valence-electron chi connectivity index (χ1n) is 2.85.